The van der Waals surface area contributed by atoms with Gasteiger partial charge < -0.3 is 15.6 Å². The average Bonchev–Trinajstić information content (AvgIpc) is 2.60. The molecule has 6 nitrogen and oxygen atoms in total. The monoisotopic (exact) mass is 251 g/mol. The predicted molar refractivity (Wildman–Crippen MR) is 57.8 cm³/mol. The molecule has 0 aliphatic carbocycles. The summed E-state index contributed by atoms with van der Waals surface area (Å²) in [5.74, 6) is -1.33. The van der Waals surface area contributed by atoms with E-state index in [2.05, 4.69) is 0 Å². The van der Waals surface area contributed by atoms with Gasteiger partial charge in [-0.1, -0.05) is 0 Å². The highest BCUT2D eigenvalue weighted by molar-refractivity contribution is 7.93. The summed E-state index contributed by atoms with van der Waals surface area (Å²) < 4.78 is 29.3. The summed E-state index contributed by atoms with van der Waals surface area (Å²) >= 11 is 0. The molecule has 0 bridgehead atoms. The van der Waals surface area contributed by atoms with Crippen molar-refractivity contribution in [1.29, 1.82) is 0 Å². The molecular formula is C9H17NO5S. The van der Waals surface area contributed by atoms with Gasteiger partial charge in [-0.05, 0) is 26.3 Å². The molecule has 1 rings (SSSR count). The van der Waals surface area contributed by atoms with Crippen LogP contribution in [0.5, 0.6) is 0 Å². The van der Waals surface area contributed by atoms with Crippen molar-refractivity contribution in [2.45, 2.75) is 36.4 Å². The fraction of sp³-hybridized carbons (Fsp3) is 0.889. The van der Waals surface area contributed by atoms with E-state index in [1.165, 1.54) is 0 Å². The van der Waals surface area contributed by atoms with Crippen LogP contribution in [0.25, 0.3) is 0 Å². The number of rotatable bonds is 5. The molecule has 7 heteroatoms. The highest BCUT2D eigenvalue weighted by atomic mass is 32.2. The zero-order chi connectivity index (χ0) is 12.3. The summed E-state index contributed by atoms with van der Waals surface area (Å²) in [6, 6.07) is 0. The first-order chi connectivity index (χ1) is 7.41. The zero-order valence-electron chi connectivity index (χ0n) is 9.13. The van der Waals surface area contributed by atoms with Gasteiger partial charge in [-0.3, -0.25) is 4.79 Å². The van der Waals surface area contributed by atoms with Crippen LogP contribution in [0.4, 0.5) is 0 Å². The van der Waals surface area contributed by atoms with Crippen LogP contribution < -0.4 is 5.73 Å². The quantitative estimate of drug-likeness (QED) is 0.674. The third kappa shape index (κ3) is 2.53. The molecule has 0 aromatic carbocycles. The molecule has 1 fully saturated rings. The van der Waals surface area contributed by atoms with Crippen LogP contribution in [0.2, 0.25) is 0 Å². The van der Waals surface area contributed by atoms with Crippen LogP contribution in [0.1, 0.15) is 19.8 Å². The third-order valence-electron chi connectivity index (χ3n) is 2.83. The lowest BCUT2D eigenvalue weighted by molar-refractivity contribution is -0.136. The van der Waals surface area contributed by atoms with Gasteiger partial charge in [-0.15, -0.1) is 0 Å². The van der Waals surface area contributed by atoms with E-state index in [4.69, 9.17) is 15.6 Å². The van der Waals surface area contributed by atoms with E-state index in [0.29, 0.717) is 13.0 Å². The number of hydrogen-bond acceptors (Lipinski definition) is 5. The van der Waals surface area contributed by atoms with Gasteiger partial charge in [0.1, 0.15) is 0 Å². The number of carbonyl (C=O) groups is 1. The molecule has 16 heavy (non-hydrogen) atoms. The van der Waals surface area contributed by atoms with Crippen molar-refractivity contribution in [1.82, 2.24) is 0 Å². The van der Waals surface area contributed by atoms with Gasteiger partial charge in [-0.2, -0.15) is 0 Å². The number of hydrogen-bond donors (Lipinski definition) is 2. The molecule has 0 amide bonds. The molecule has 0 aromatic rings. The fourth-order valence-corrected chi connectivity index (χ4v) is 4.14. The molecule has 94 valence electrons. The molecule has 0 saturated carbocycles. The molecule has 1 aliphatic rings. The Hall–Kier alpha value is -0.660. The van der Waals surface area contributed by atoms with Crippen LogP contribution >= 0.6 is 0 Å². The Morgan fingerprint density at radius 1 is 1.62 bits per heavy atom. The molecule has 1 aliphatic heterocycles. The van der Waals surface area contributed by atoms with Crippen LogP contribution in [0.15, 0.2) is 0 Å². The zero-order valence-corrected chi connectivity index (χ0v) is 9.94. The third-order valence-corrected chi connectivity index (χ3v) is 5.52. The Kier molecular flexibility index (Phi) is 4.28. The Morgan fingerprint density at radius 2 is 2.25 bits per heavy atom. The van der Waals surface area contributed by atoms with Gasteiger partial charge in [0.15, 0.2) is 15.1 Å². The minimum atomic E-state index is -3.72. The lowest BCUT2D eigenvalue weighted by atomic mass is 10.2. The van der Waals surface area contributed by atoms with E-state index in [-0.39, 0.29) is 13.0 Å². The first-order valence-corrected chi connectivity index (χ1v) is 6.79. The average molecular weight is 251 g/mol. The van der Waals surface area contributed by atoms with Gasteiger partial charge in [0.25, 0.3) is 0 Å². The van der Waals surface area contributed by atoms with E-state index >= 15 is 0 Å². The highest BCUT2D eigenvalue weighted by Crippen LogP contribution is 2.25. The number of aliphatic carboxylic acids is 1. The van der Waals surface area contributed by atoms with E-state index in [0.717, 1.165) is 0 Å². The summed E-state index contributed by atoms with van der Waals surface area (Å²) in [6.45, 7) is 2.05. The molecule has 3 unspecified atom stereocenters. The number of carboxylic acids is 1. The molecule has 3 atom stereocenters. The fourth-order valence-electron chi connectivity index (χ4n) is 1.93. The normalized spacial score (nSPS) is 27.9. The molecule has 0 radical (unpaired) electrons. The number of sulfone groups is 1. The van der Waals surface area contributed by atoms with Crippen molar-refractivity contribution < 1.29 is 23.1 Å². The van der Waals surface area contributed by atoms with Crippen molar-refractivity contribution >= 4 is 15.8 Å². The standard InChI is InChI=1S/C9H17NO5S/c1-6-7(3-5-15-6)16(13,14)8(2-4-10)9(11)12/h6-8H,2-5,10H2,1H3,(H,11,12). The van der Waals surface area contributed by atoms with Crippen molar-refractivity contribution in [3.63, 3.8) is 0 Å². The number of carboxylic acid groups (broad SMARTS) is 1. The molecule has 3 N–H and O–H groups in total. The van der Waals surface area contributed by atoms with Crippen LogP contribution in [0.3, 0.4) is 0 Å². The first-order valence-electron chi connectivity index (χ1n) is 5.18. The second-order valence-corrected chi connectivity index (χ2v) is 6.25. The van der Waals surface area contributed by atoms with E-state index in [1.54, 1.807) is 6.92 Å². The summed E-state index contributed by atoms with van der Waals surface area (Å²) in [5.41, 5.74) is 5.24. The Labute approximate surface area is 94.7 Å². The van der Waals surface area contributed by atoms with Crippen LogP contribution in [-0.4, -0.2) is 49.2 Å². The van der Waals surface area contributed by atoms with Gasteiger partial charge in [0, 0.05) is 6.61 Å². The maximum absolute atomic E-state index is 12.1. The van der Waals surface area contributed by atoms with Crippen molar-refractivity contribution in [3.8, 4) is 0 Å². The summed E-state index contributed by atoms with van der Waals surface area (Å²) in [5, 5.41) is 6.78. The van der Waals surface area contributed by atoms with Crippen LogP contribution in [-0.2, 0) is 19.4 Å². The van der Waals surface area contributed by atoms with Crippen molar-refractivity contribution in [2.75, 3.05) is 13.2 Å². The summed E-state index contributed by atoms with van der Waals surface area (Å²) in [6.07, 6.45) is -0.136. The van der Waals surface area contributed by atoms with Gasteiger partial charge >= 0.3 is 5.97 Å². The lowest BCUT2D eigenvalue weighted by Gasteiger charge is -2.19. The molecular weight excluding hydrogens is 234 g/mol. The Morgan fingerprint density at radius 3 is 2.62 bits per heavy atom. The maximum atomic E-state index is 12.1. The molecule has 1 saturated heterocycles. The smallest absolute Gasteiger partial charge is 0.321 e. The molecule has 0 spiro atoms. The summed E-state index contributed by atoms with van der Waals surface area (Å²) in [4.78, 5) is 10.9. The van der Waals surface area contributed by atoms with Gasteiger partial charge in [-0.25, -0.2) is 8.42 Å². The Bertz CT molecular complexity index is 353. The van der Waals surface area contributed by atoms with Crippen LogP contribution in [0, 0.1) is 0 Å². The van der Waals surface area contributed by atoms with E-state index in [1.807, 2.05) is 0 Å². The minimum Gasteiger partial charge on any atom is -0.480 e. The Balaban J connectivity index is 2.93. The number of nitrogens with two attached hydrogens (primary N) is 1. The minimum absolute atomic E-state index is 0.0398. The molecule has 0 aromatic heterocycles. The maximum Gasteiger partial charge on any atom is 0.321 e. The predicted octanol–water partition coefficient (Wildman–Crippen LogP) is -0.619. The van der Waals surface area contributed by atoms with Gasteiger partial charge in [0.05, 0.1) is 11.4 Å². The van der Waals surface area contributed by atoms with E-state index in [9.17, 15) is 13.2 Å². The van der Waals surface area contributed by atoms with Crippen molar-refractivity contribution in [2.24, 2.45) is 5.73 Å². The van der Waals surface area contributed by atoms with Gasteiger partial charge in [0.2, 0.25) is 0 Å². The second kappa shape index (κ2) is 5.11. The molecule has 1 heterocycles. The summed E-state index contributed by atoms with van der Waals surface area (Å²) in [7, 11) is -3.72. The SMILES string of the molecule is CC1OCCC1S(=O)(=O)C(CCN)C(=O)O. The van der Waals surface area contributed by atoms with Crippen molar-refractivity contribution in [3.05, 3.63) is 0 Å². The highest BCUT2D eigenvalue weighted by Gasteiger charge is 2.43. The largest absolute Gasteiger partial charge is 0.480 e. The first kappa shape index (κ1) is 13.4. The second-order valence-electron chi connectivity index (χ2n) is 3.90. The number of ether oxygens (including phenoxy) is 1. The topological polar surface area (TPSA) is 107 Å². The van der Waals surface area contributed by atoms with E-state index < -0.39 is 32.4 Å². The lowest BCUT2D eigenvalue weighted by Crippen LogP contribution is -2.41.